The van der Waals surface area contributed by atoms with E-state index in [1.165, 1.54) is 14.1 Å². The van der Waals surface area contributed by atoms with Gasteiger partial charge in [-0.3, -0.25) is 0 Å². The molecule has 43 heavy (non-hydrogen) atoms. The first-order valence-corrected chi connectivity index (χ1v) is 16.4. The maximum absolute atomic E-state index is 11.7. The minimum atomic E-state index is -3.40. The minimum absolute atomic E-state index is 0. The SMILES string of the molecule is C.C.CNS(=O)(=O)c1ccc(N2CC(CN)C2)cc1.CNS(=O)(=O)c1ccc(N2CC(CNC(=O)OC(C)(C)C)C2)cc1. The van der Waals surface area contributed by atoms with Crippen molar-refractivity contribution in [3.8, 4) is 0 Å². The van der Waals surface area contributed by atoms with E-state index in [0.717, 1.165) is 37.6 Å². The third-order valence-electron chi connectivity index (χ3n) is 6.74. The van der Waals surface area contributed by atoms with E-state index < -0.39 is 31.7 Å². The Morgan fingerprint density at radius 2 is 1.16 bits per heavy atom. The Morgan fingerprint density at radius 1 is 0.791 bits per heavy atom. The summed E-state index contributed by atoms with van der Waals surface area (Å²) in [5.41, 5.74) is 7.08. The van der Waals surface area contributed by atoms with Crippen LogP contribution in [-0.2, 0) is 24.8 Å². The number of nitrogens with two attached hydrogens (primary N) is 1. The van der Waals surface area contributed by atoms with Gasteiger partial charge in [0.25, 0.3) is 0 Å². The standard InChI is InChI=1S/C16H25N3O4S.C11H17N3O2S.2CH4/c1-16(2,3)23-15(20)18-9-12-10-19(11-12)13-5-7-14(8-6-13)24(21,22)17-4;1-13-17(15,16)11-4-2-10(3-5-11)14-7-9(6-12)8-14;;/h5-8,12,17H,9-11H2,1-4H3,(H,18,20);2-5,9,13H,6-8,12H2,1H3;2*1H4. The Balaban J connectivity index is 0.000000432. The number of nitrogens with one attached hydrogen (secondary N) is 3. The van der Waals surface area contributed by atoms with E-state index in [4.69, 9.17) is 10.5 Å². The van der Waals surface area contributed by atoms with Gasteiger partial charge in [-0.15, -0.1) is 0 Å². The van der Waals surface area contributed by atoms with E-state index in [0.29, 0.717) is 29.8 Å². The topological polar surface area (TPSA) is 163 Å². The number of hydrogen-bond acceptors (Lipinski definition) is 9. The van der Waals surface area contributed by atoms with Gasteiger partial charge in [0.1, 0.15) is 5.60 Å². The van der Waals surface area contributed by atoms with Crippen LogP contribution in [0.15, 0.2) is 58.3 Å². The van der Waals surface area contributed by atoms with Crippen molar-refractivity contribution in [1.82, 2.24) is 14.8 Å². The van der Waals surface area contributed by atoms with Gasteiger partial charge in [-0.25, -0.2) is 31.1 Å². The Hall–Kier alpha value is -2.91. The molecule has 2 aromatic rings. The molecule has 5 N–H and O–H groups in total. The molecule has 0 radical (unpaired) electrons. The number of benzene rings is 2. The normalized spacial score (nSPS) is 15.5. The average Bonchev–Trinajstić information content (AvgIpc) is 2.87. The van der Waals surface area contributed by atoms with Crippen molar-refractivity contribution in [2.24, 2.45) is 17.6 Å². The molecule has 1 amide bonds. The van der Waals surface area contributed by atoms with Crippen LogP contribution in [0, 0.1) is 11.8 Å². The van der Waals surface area contributed by atoms with Gasteiger partial charge in [0.15, 0.2) is 0 Å². The highest BCUT2D eigenvalue weighted by molar-refractivity contribution is 7.89. The van der Waals surface area contributed by atoms with Gasteiger partial charge >= 0.3 is 6.09 Å². The lowest BCUT2D eigenvalue weighted by atomic mass is 9.99. The summed E-state index contributed by atoms with van der Waals surface area (Å²) in [5, 5.41) is 2.77. The molecule has 0 saturated carbocycles. The zero-order chi connectivity index (χ0) is 30.4. The highest BCUT2D eigenvalue weighted by atomic mass is 32.2. The number of alkyl carbamates (subject to hydrolysis) is 1. The lowest BCUT2D eigenvalue weighted by Crippen LogP contribution is -2.52. The second-order valence-electron chi connectivity index (χ2n) is 11.1. The number of nitrogens with zero attached hydrogens (tertiary/aromatic N) is 2. The number of hydrogen-bond donors (Lipinski definition) is 4. The van der Waals surface area contributed by atoms with E-state index in [-0.39, 0.29) is 19.7 Å². The molecule has 2 aromatic carbocycles. The van der Waals surface area contributed by atoms with Crippen LogP contribution in [-0.4, -0.2) is 81.9 Å². The van der Waals surface area contributed by atoms with Crippen molar-refractivity contribution in [2.45, 2.75) is 51.0 Å². The number of ether oxygens (including phenoxy) is 1. The van der Waals surface area contributed by atoms with Gasteiger partial charge in [0.05, 0.1) is 9.79 Å². The fraction of sp³-hybridized carbons (Fsp3) is 0.552. The number of carbonyl (C=O) groups is 1. The largest absolute Gasteiger partial charge is 0.444 e. The highest BCUT2D eigenvalue weighted by Gasteiger charge is 2.28. The van der Waals surface area contributed by atoms with Crippen molar-refractivity contribution < 1.29 is 26.4 Å². The molecule has 0 bridgehead atoms. The van der Waals surface area contributed by atoms with Gasteiger partial charge in [-0.05, 0) is 89.9 Å². The quantitative estimate of drug-likeness (QED) is 0.322. The second-order valence-corrected chi connectivity index (χ2v) is 14.8. The Kier molecular flexibility index (Phi) is 13.9. The van der Waals surface area contributed by atoms with Crippen molar-refractivity contribution in [2.75, 3.05) is 63.2 Å². The smallest absolute Gasteiger partial charge is 0.407 e. The molecule has 12 nitrogen and oxygen atoms in total. The molecule has 2 saturated heterocycles. The molecular weight excluding hydrogens is 592 g/mol. The first-order chi connectivity index (χ1) is 19.2. The molecule has 4 rings (SSSR count). The number of carbonyl (C=O) groups excluding carboxylic acids is 1. The van der Waals surface area contributed by atoms with Crippen LogP contribution in [0.25, 0.3) is 0 Å². The van der Waals surface area contributed by atoms with Crippen LogP contribution < -0.4 is 30.3 Å². The number of anilines is 2. The van der Waals surface area contributed by atoms with Crippen molar-refractivity contribution >= 4 is 37.5 Å². The first kappa shape index (κ1) is 38.1. The van der Waals surface area contributed by atoms with E-state index in [2.05, 4.69) is 24.6 Å². The van der Waals surface area contributed by atoms with Crippen LogP contribution in [0.4, 0.5) is 16.2 Å². The third-order valence-corrected chi connectivity index (χ3v) is 9.60. The van der Waals surface area contributed by atoms with Crippen LogP contribution >= 0.6 is 0 Å². The summed E-state index contributed by atoms with van der Waals surface area (Å²) in [7, 11) is -3.94. The Morgan fingerprint density at radius 3 is 1.49 bits per heavy atom. The van der Waals surface area contributed by atoms with Crippen LogP contribution in [0.1, 0.15) is 35.6 Å². The molecule has 0 aliphatic carbocycles. The maximum atomic E-state index is 11.7. The van der Waals surface area contributed by atoms with E-state index in [1.54, 1.807) is 36.4 Å². The lowest BCUT2D eigenvalue weighted by molar-refractivity contribution is 0.0516. The van der Waals surface area contributed by atoms with Crippen LogP contribution in [0.3, 0.4) is 0 Å². The number of rotatable bonds is 9. The zero-order valence-corrected chi connectivity index (χ0v) is 25.9. The molecule has 2 aliphatic rings. The van der Waals surface area contributed by atoms with Gasteiger partial charge in [-0.1, -0.05) is 14.9 Å². The van der Waals surface area contributed by atoms with Crippen molar-refractivity contribution in [1.29, 1.82) is 0 Å². The molecule has 0 aromatic heterocycles. The predicted octanol–water partition coefficient (Wildman–Crippen LogP) is 2.82. The number of amides is 1. The van der Waals surface area contributed by atoms with Gasteiger partial charge in [0.2, 0.25) is 20.0 Å². The van der Waals surface area contributed by atoms with Gasteiger partial charge < -0.3 is 25.6 Å². The summed E-state index contributed by atoms with van der Waals surface area (Å²) in [4.78, 5) is 16.5. The first-order valence-electron chi connectivity index (χ1n) is 13.4. The van der Waals surface area contributed by atoms with Crippen molar-refractivity contribution in [3.63, 3.8) is 0 Å². The monoisotopic (exact) mass is 642 g/mol. The van der Waals surface area contributed by atoms with Gasteiger partial charge in [0, 0.05) is 55.9 Å². The summed E-state index contributed by atoms with van der Waals surface area (Å²) >= 11 is 0. The van der Waals surface area contributed by atoms with Crippen LogP contribution in [0.5, 0.6) is 0 Å². The third kappa shape index (κ3) is 10.6. The fourth-order valence-corrected chi connectivity index (χ4v) is 5.75. The molecule has 0 atom stereocenters. The minimum Gasteiger partial charge on any atom is -0.444 e. The molecule has 2 aliphatic heterocycles. The summed E-state index contributed by atoms with van der Waals surface area (Å²) < 4.78 is 56.2. The van der Waals surface area contributed by atoms with Crippen molar-refractivity contribution in [3.05, 3.63) is 48.5 Å². The number of sulfonamides is 2. The van der Waals surface area contributed by atoms with E-state index in [1.807, 2.05) is 32.9 Å². The molecule has 2 fully saturated rings. The molecule has 14 heteroatoms. The Bertz CT molecular complexity index is 1370. The predicted molar refractivity (Wildman–Crippen MR) is 174 cm³/mol. The van der Waals surface area contributed by atoms with E-state index in [9.17, 15) is 21.6 Å². The van der Waals surface area contributed by atoms with Crippen LogP contribution in [0.2, 0.25) is 0 Å². The van der Waals surface area contributed by atoms with E-state index >= 15 is 0 Å². The lowest BCUT2D eigenvalue weighted by Gasteiger charge is -2.41. The summed E-state index contributed by atoms with van der Waals surface area (Å²) in [5.74, 6) is 0.925. The average molecular weight is 643 g/mol. The second kappa shape index (κ2) is 15.7. The fourth-order valence-electron chi connectivity index (χ4n) is 4.29. The summed E-state index contributed by atoms with van der Waals surface area (Å²) in [6.07, 6.45) is -0.400. The molecule has 2 heterocycles. The highest BCUT2D eigenvalue weighted by Crippen LogP contribution is 2.26. The zero-order valence-electron chi connectivity index (χ0n) is 24.3. The molecule has 0 spiro atoms. The molecule has 0 unspecified atom stereocenters. The maximum Gasteiger partial charge on any atom is 0.407 e. The molecular formula is C29H50N6O6S2. The summed E-state index contributed by atoms with van der Waals surface area (Å²) in [6, 6.07) is 13.7. The summed E-state index contributed by atoms with van der Waals surface area (Å²) in [6.45, 7) is 10.3. The Labute approximate surface area is 258 Å². The molecule has 244 valence electrons. The van der Waals surface area contributed by atoms with Gasteiger partial charge in [-0.2, -0.15) is 0 Å².